The van der Waals surface area contributed by atoms with Crippen molar-refractivity contribution in [2.24, 2.45) is 0 Å². The molecule has 1 aromatic carbocycles. The molecule has 6 nitrogen and oxygen atoms in total. The maximum Gasteiger partial charge on any atom is 0.219 e. The topological polar surface area (TPSA) is 62.7 Å². The molecule has 7 heteroatoms. The molecule has 0 amide bonds. The smallest absolute Gasteiger partial charge is 0.219 e. The van der Waals surface area contributed by atoms with Gasteiger partial charge in [0.1, 0.15) is 5.25 Å². The van der Waals surface area contributed by atoms with E-state index in [0.29, 0.717) is 39.2 Å². The molecule has 0 saturated carbocycles. The van der Waals surface area contributed by atoms with Crippen LogP contribution in [0.15, 0.2) is 36.7 Å². The zero-order valence-corrected chi connectivity index (χ0v) is 15.2. The number of hydrogen-bond donors (Lipinski definition) is 0. The highest BCUT2D eigenvalue weighted by Crippen LogP contribution is 2.28. The molecular formula is C18H23N3O3S. The van der Waals surface area contributed by atoms with Crippen LogP contribution in [0.5, 0.6) is 0 Å². The number of hydrogen-bond acceptors (Lipinski definition) is 5. The number of piperazine rings is 1. The number of aromatic nitrogens is 1. The van der Waals surface area contributed by atoms with E-state index in [0.717, 1.165) is 16.5 Å². The minimum Gasteiger partial charge on any atom is -0.377 e. The van der Waals surface area contributed by atoms with E-state index in [1.807, 2.05) is 37.5 Å². The summed E-state index contributed by atoms with van der Waals surface area (Å²) in [5.74, 6) is 0. The Morgan fingerprint density at radius 1 is 1.12 bits per heavy atom. The molecule has 3 heterocycles. The molecule has 2 atom stereocenters. The van der Waals surface area contributed by atoms with Crippen LogP contribution in [-0.2, 0) is 14.8 Å². The lowest BCUT2D eigenvalue weighted by molar-refractivity contribution is 0.125. The number of anilines is 1. The van der Waals surface area contributed by atoms with Gasteiger partial charge in [0, 0.05) is 49.8 Å². The van der Waals surface area contributed by atoms with E-state index >= 15 is 0 Å². The van der Waals surface area contributed by atoms with Crippen molar-refractivity contribution in [3.8, 4) is 0 Å². The van der Waals surface area contributed by atoms with Gasteiger partial charge in [0.05, 0.1) is 18.0 Å². The van der Waals surface area contributed by atoms with E-state index in [-0.39, 0.29) is 6.10 Å². The molecule has 2 aliphatic rings. The number of benzene rings is 1. The second kappa shape index (κ2) is 6.55. The summed E-state index contributed by atoms with van der Waals surface area (Å²) in [4.78, 5) is 6.57. The van der Waals surface area contributed by atoms with Crippen LogP contribution in [0.1, 0.15) is 13.3 Å². The van der Waals surface area contributed by atoms with Gasteiger partial charge in [0.15, 0.2) is 0 Å². The second-order valence-electron chi connectivity index (χ2n) is 6.71. The van der Waals surface area contributed by atoms with Crippen molar-refractivity contribution < 1.29 is 13.2 Å². The van der Waals surface area contributed by atoms with Crippen LogP contribution in [0.3, 0.4) is 0 Å². The van der Waals surface area contributed by atoms with Crippen LogP contribution in [0.2, 0.25) is 0 Å². The fourth-order valence-electron chi connectivity index (χ4n) is 3.83. The van der Waals surface area contributed by atoms with Gasteiger partial charge >= 0.3 is 0 Å². The van der Waals surface area contributed by atoms with Crippen LogP contribution in [-0.4, -0.2) is 61.8 Å². The lowest BCUT2D eigenvalue weighted by Crippen LogP contribution is -2.52. The summed E-state index contributed by atoms with van der Waals surface area (Å²) < 4.78 is 32.8. The van der Waals surface area contributed by atoms with Gasteiger partial charge in [0.25, 0.3) is 0 Å². The van der Waals surface area contributed by atoms with E-state index in [1.165, 1.54) is 0 Å². The maximum absolute atomic E-state index is 12.9. The highest BCUT2D eigenvalue weighted by Gasteiger charge is 2.40. The summed E-state index contributed by atoms with van der Waals surface area (Å²) in [5.41, 5.74) is 1.08. The summed E-state index contributed by atoms with van der Waals surface area (Å²) in [6, 6.07) is 8.16. The number of rotatable bonds is 3. The Bertz CT molecular complexity index is 858. The number of nitrogens with zero attached hydrogens (tertiary/aromatic N) is 3. The number of pyridine rings is 1. The summed E-state index contributed by atoms with van der Waals surface area (Å²) in [5, 5.41) is 1.86. The van der Waals surface area contributed by atoms with E-state index < -0.39 is 15.3 Å². The Hall–Kier alpha value is -1.70. The van der Waals surface area contributed by atoms with Gasteiger partial charge in [-0.2, -0.15) is 4.31 Å². The molecule has 0 aliphatic carbocycles. The molecule has 2 aliphatic heterocycles. The first-order valence-corrected chi connectivity index (χ1v) is 10.3. The van der Waals surface area contributed by atoms with Crippen molar-refractivity contribution in [3.05, 3.63) is 36.7 Å². The SMILES string of the molecule is CC1OCCC1S(=O)(=O)N1CCN(c2cncc3ccccc23)CC1. The van der Waals surface area contributed by atoms with Crippen LogP contribution < -0.4 is 4.90 Å². The predicted molar refractivity (Wildman–Crippen MR) is 98.3 cm³/mol. The van der Waals surface area contributed by atoms with Gasteiger partial charge < -0.3 is 9.64 Å². The third kappa shape index (κ3) is 3.01. The van der Waals surface area contributed by atoms with Crippen LogP contribution in [0.25, 0.3) is 10.8 Å². The Balaban J connectivity index is 1.51. The van der Waals surface area contributed by atoms with Gasteiger partial charge in [-0.3, -0.25) is 4.98 Å². The van der Waals surface area contributed by atoms with E-state index in [2.05, 4.69) is 16.0 Å². The monoisotopic (exact) mass is 361 g/mol. The molecule has 2 aromatic rings. The molecule has 4 rings (SSSR count). The standard InChI is InChI=1S/C18H23N3O3S/c1-14-18(6-11-24-14)25(22,23)21-9-7-20(8-10-21)17-13-19-12-15-4-2-3-5-16(15)17/h2-5,12-14,18H,6-11H2,1H3. The Labute approximate surface area is 148 Å². The minimum atomic E-state index is -3.29. The van der Waals surface area contributed by atoms with Crippen molar-refractivity contribution in [3.63, 3.8) is 0 Å². The van der Waals surface area contributed by atoms with Crippen LogP contribution in [0, 0.1) is 0 Å². The molecule has 0 spiro atoms. The Morgan fingerprint density at radius 3 is 2.60 bits per heavy atom. The lowest BCUT2D eigenvalue weighted by Gasteiger charge is -2.37. The molecule has 2 fully saturated rings. The van der Waals surface area contributed by atoms with Gasteiger partial charge in [-0.05, 0) is 13.3 Å². The van der Waals surface area contributed by atoms with Crippen molar-refractivity contribution in [2.45, 2.75) is 24.7 Å². The third-order valence-corrected chi connectivity index (χ3v) is 7.74. The first-order valence-electron chi connectivity index (χ1n) is 8.75. The van der Waals surface area contributed by atoms with Gasteiger partial charge in [-0.15, -0.1) is 0 Å². The van der Waals surface area contributed by atoms with Gasteiger partial charge in [0.2, 0.25) is 10.0 Å². The van der Waals surface area contributed by atoms with E-state index in [4.69, 9.17) is 4.74 Å². The van der Waals surface area contributed by atoms with Crippen molar-refractivity contribution in [1.29, 1.82) is 0 Å². The summed E-state index contributed by atoms with van der Waals surface area (Å²) >= 11 is 0. The average molecular weight is 361 g/mol. The number of ether oxygens (including phenoxy) is 1. The van der Waals surface area contributed by atoms with Crippen LogP contribution >= 0.6 is 0 Å². The highest BCUT2D eigenvalue weighted by molar-refractivity contribution is 7.89. The normalized spacial score (nSPS) is 25.6. The lowest BCUT2D eigenvalue weighted by atomic mass is 10.1. The highest BCUT2D eigenvalue weighted by atomic mass is 32.2. The molecule has 1 aromatic heterocycles. The van der Waals surface area contributed by atoms with Gasteiger partial charge in [-0.1, -0.05) is 24.3 Å². The molecule has 0 bridgehead atoms. The summed E-state index contributed by atoms with van der Waals surface area (Å²) in [6.07, 6.45) is 4.11. The quantitative estimate of drug-likeness (QED) is 0.835. The first kappa shape index (κ1) is 16.8. The largest absolute Gasteiger partial charge is 0.377 e. The predicted octanol–water partition coefficient (Wildman–Crippen LogP) is 1.86. The molecule has 0 radical (unpaired) electrons. The summed E-state index contributed by atoms with van der Waals surface area (Å²) in [7, 11) is -3.29. The fraction of sp³-hybridized carbons (Fsp3) is 0.500. The van der Waals surface area contributed by atoms with Crippen molar-refractivity contribution in [1.82, 2.24) is 9.29 Å². The molecule has 2 saturated heterocycles. The molecular weight excluding hydrogens is 338 g/mol. The molecule has 25 heavy (non-hydrogen) atoms. The summed E-state index contributed by atoms with van der Waals surface area (Å²) in [6.45, 7) is 4.76. The zero-order chi connectivity index (χ0) is 17.4. The number of fused-ring (bicyclic) bond motifs is 1. The van der Waals surface area contributed by atoms with E-state index in [9.17, 15) is 8.42 Å². The third-order valence-electron chi connectivity index (χ3n) is 5.28. The Kier molecular flexibility index (Phi) is 4.39. The van der Waals surface area contributed by atoms with Crippen molar-refractivity contribution >= 4 is 26.5 Å². The second-order valence-corrected chi connectivity index (χ2v) is 8.87. The molecule has 0 N–H and O–H groups in total. The number of sulfonamides is 1. The average Bonchev–Trinajstić information content (AvgIpc) is 3.08. The van der Waals surface area contributed by atoms with Gasteiger partial charge in [-0.25, -0.2) is 8.42 Å². The molecule has 134 valence electrons. The Morgan fingerprint density at radius 2 is 1.88 bits per heavy atom. The minimum absolute atomic E-state index is 0.217. The van der Waals surface area contributed by atoms with Crippen molar-refractivity contribution in [2.75, 3.05) is 37.7 Å². The molecule has 2 unspecified atom stereocenters. The zero-order valence-electron chi connectivity index (χ0n) is 14.3. The maximum atomic E-state index is 12.9. The van der Waals surface area contributed by atoms with E-state index in [1.54, 1.807) is 4.31 Å². The van der Waals surface area contributed by atoms with Crippen LogP contribution in [0.4, 0.5) is 5.69 Å². The fourth-order valence-corrected chi connectivity index (χ4v) is 5.84. The first-order chi connectivity index (χ1) is 12.1.